The van der Waals surface area contributed by atoms with Crippen LogP contribution < -0.4 is 5.32 Å². The van der Waals surface area contributed by atoms with Gasteiger partial charge in [-0.15, -0.1) is 5.10 Å². The molecule has 4 aromatic rings. The zero-order chi connectivity index (χ0) is 33.1. The molecule has 1 saturated carbocycles. The number of aromatic nitrogens is 3. The number of ether oxygens (including phenoxy) is 1. The van der Waals surface area contributed by atoms with E-state index in [1.807, 2.05) is 24.6 Å². The van der Waals surface area contributed by atoms with Gasteiger partial charge in [-0.2, -0.15) is 0 Å². The molecule has 2 aromatic heterocycles. The van der Waals surface area contributed by atoms with Crippen molar-refractivity contribution in [2.45, 2.75) is 104 Å². The van der Waals surface area contributed by atoms with Crippen molar-refractivity contribution in [2.24, 2.45) is 0 Å². The Morgan fingerprint density at radius 1 is 1.00 bits per heavy atom. The number of hydrogen-bond donors (Lipinski definition) is 1. The van der Waals surface area contributed by atoms with Crippen LogP contribution in [0.25, 0.3) is 16.6 Å². The predicted molar refractivity (Wildman–Crippen MR) is 191 cm³/mol. The zero-order valence-corrected chi connectivity index (χ0v) is 29.5. The largest absolute Gasteiger partial charge is 0.375 e. The average Bonchev–Trinajstić information content (AvgIpc) is 3.67. The molecule has 0 radical (unpaired) electrons. The second kappa shape index (κ2) is 17.2. The molecule has 3 heterocycles. The van der Waals surface area contributed by atoms with E-state index in [2.05, 4.69) is 73.4 Å². The van der Waals surface area contributed by atoms with Crippen LogP contribution in [0.4, 0.5) is 16.0 Å². The lowest BCUT2D eigenvalue weighted by Crippen LogP contribution is -2.32. The number of aryl methyl sites for hydroxylation is 1. The van der Waals surface area contributed by atoms with Gasteiger partial charge in [-0.3, -0.25) is 0 Å². The van der Waals surface area contributed by atoms with Crippen molar-refractivity contribution >= 4 is 28.8 Å². The van der Waals surface area contributed by atoms with Gasteiger partial charge in [0.25, 0.3) is 0 Å². The summed E-state index contributed by atoms with van der Waals surface area (Å²) in [7, 11) is 2.17. The Kier molecular flexibility index (Phi) is 13.4. The maximum Gasteiger partial charge on any atom is 0.245 e. The topological polar surface area (TPSA) is 54.7 Å². The fourth-order valence-electron chi connectivity index (χ4n) is 6.73. The third kappa shape index (κ3) is 9.08. The summed E-state index contributed by atoms with van der Waals surface area (Å²) >= 11 is 6.05. The zero-order valence-electron chi connectivity index (χ0n) is 28.7. The van der Waals surface area contributed by atoms with Gasteiger partial charge >= 0.3 is 0 Å². The molecule has 8 heteroatoms. The second-order valence-electron chi connectivity index (χ2n) is 12.4. The molecule has 6 nitrogen and oxygen atoms in total. The lowest BCUT2D eigenvalue weighted by Gasteiger charge is -2.36. The van der Waals surface area contributed by atoms with Crippen LogP contribution in [-0.2, 0) is 11.2 Å². The van der Waals surface area contributed by atoms with Crippen LogP contribution >= 0.6 is 11.6 Å². The molecule has 1 saturated heterocycles. The molecular weight excluding hydrogens is 597 g/mol. The first-order chi connectivity index (χ1) is 22.3. The first-order valence-electron chi connectivity index (χ1n) is 17.4. The summed E-state index contributed by atoms with van der Waals surface area (Å²) < 4.78 is 22.1. The molecule has 0 bridgehead atoms. The molecule has 1 aliphatic heterocycles. The molecule has 250 valence electrons. The summed E-state index contributed by atoms with van der Waals surface area (Å²) in [6, 6.07) is 15.3. The van der Waals surface area contributed by atoms with Crippen molar-refractivity contribution in [3.63, 3.8) is 0 Å². The molecule has 46 heavy (non-hydrogen) atoms. The van der Waals surface area contributed by atoms with E-state index < -0.39 is 5.82 Å². The Morgan fingerprint density at radius 2 is 1.70 bits per heavy atom. The Bertz CT molecular complexity index is 1480. The van der Waals surface area contributed by atoms with Crippen molar-refractivity contribution in [1.29, 1.82) is 0 Å². The predicted octanol–water partition coefficient (Wildman–Crippen LogP) is 10.5. The minimum Gasteiger partial charge on any atom is -0.375 e. The number of benzene rings is 2. The summed E-state index contributed by atoms with van der Waals surface area (Å²) in [5, 5.41) is 8.32. The van der Waals surface area contributed by atoms with Crippen molar-refractivity contribution in [1.82, 2.24) is 19.5 Å². The number of nitrogens with one attached hydrogen (secondary N) is 1. The average molecular weight is 650 g/mol. The highest BCUT2D eigenvalue weighted by Gasteiger charge is 2.40. The van der Waals surface area contributed by atoms with Crippen LogP contribution in [0.2, 0.25) is 5.02 Å². The third-order valence-corrected chi connectivity index (χ3v) is 9.27. The number of rotatable bonds is 9. The van der Waals surface area contributed by atoms with E-state index in [4.69, 9.17) is 21.4 Å². The molecule has 1 N–H and O–H groups in total. The highest BCUT2D eigenvalue weighted by atomic mass is 35.5. The smallest absolute Gasteiger partial charge is 0.245 e. The molecule has 6 rings (SSSR count). The summed E-state index contributed by atoms with van der Waals surface area (Å²) in [6.45, 7) is 14.0. The van der Waals surface area contributed by atoms with E-state index in [9.17, 15) is 4.39 Å². The molecule has 1 spiro atoms. The number of nitrogens with zero attached hydrogens (tertiary/aromatic N) is 4. The summed E-state index contributed by atoms with van der Waals surface area (Å²) in [6.07, 6.45) is 12.1. The van der Waals surface area contributed by atoms with E-state index in [0.29, 0.717) is 22.6 Å². The number of fused-ring (bicyclic) bond motifs is 1. The SMILES string of the molecule is CC.CCCN(C)CCC.CCc1ccc(-c2cc(C3CCC4(CCCO4)CC3)n3nc(Nc4cc(F)cc(Cl)c4)ncc23)cc1. The molecule has 2 aliphatic rings. The van der Waals surface area contributed by atoms with Gasteiger partial charge in [-0.25, -0.2) is 13.9 Å². The highest BCUT2D eigenvalue weighted by molar-refractivity contribution is 6.30. The van der Waals surface area contributed by atoms with Gasteiger partial charge in [0.15, 0.2) is 0 Å². The molecule has 0 amide bonds. The van der Waals surface area contributed by atoms with Crippen LogP contribution in [0.3, 0.4) is 0 Å². The maximum atomic E-state index is 13.9. The Labute approximate surface area is 280 Å². The molecular formula is C38H53ClFN5O. The van der Waals surface area contributed by atoms with E-state index >= 15 is 0 Å². The normalized spacial score (nSPS) is 19.1. The van der Waals surface area contributed by atoms with Gasteiger partial charge < -0.3 is 15.0 Å². The van der Waals surface area contributed by atoms with Crippen molar-refractivity contribution in [3.05, 3.63) is 76.8 Å². The third-order valence-electron chi connectivity index (χ3n) is 9.05. The summed E-state index contributed by atoms with van der Waals surface area (Å²) in [5.74, 6) is 0.387. The van der Waals surface area contributed by atoms with E-state index in [0.717, 1.165) is 55.4 Å². The first kappa shape index (κ1) is 35.8. The highest BCUT2D eigenvalue weighted by Crippen LogP contribution is 2.46. The molecule has 2 aromatic carbocycles. The van der Waals surface area contributed by atoms with Crippen LogP contribution in [0.1, 0.15) is 103 Å². The van der Waals surface area contributed by atoms with E-state index in [-0.39, 0.29) is 5.60 Å². The van der Waals surface area contributed by atoms with Gasteiger partial charge in [0.05, 0.1) is 17.3 Å². The lowest BCUT2D eigenvalue weighted by atomic mass is 9.76. The second-order valence-corrected chi connectivity index (χ2v) is 12.8. The minimum atomic E-state index is -0.407. The monoisotopic (exact) mass is 649 g/mol. The van der Waals surface area contributed by atoms with E-state index in [1.54, 1.807) is 6.07 Å². The number of anilines is 2. The molecule has 0 atom stereocenters. The standard InChI is InChI=1S/C29H30ClFN4O.C7H17N.C2H6/c1-2-19-4-6-20(7-5-19)25-17-26(21-8-11-29(12-9-21)10-3-13-36-29)35-27(25)18-32-28(34-35)33-24-15-22(30)14-23(31)16-24;1-4-6-8(3)7-5-2;1-2/h4-7,14-18,21H,2-3,8-13H2,1H3,(H,33,34);4-7H2,1-3H3;1-2H3. The van der Waals surface area contributed by atoms with Gasteiger partial charge in [0.1, 0.15) is 5.82 Å². The minimum absolute atomic E-state index is 0.0841. The Balaban J connectivity index is 0.000000422. The van der Waals surface area contributed by atoms with Gasteiger partial charge in [0, 0.05) is 34.5 Å². The number of hydrogen-bond acceptors (Lipinski definition) is 5. The fraction of sp³-hybridized carbons (Fsp3) is 0.526. The molecule has 2 fully saturated rings. The number of halogens is 2. The quantitative estimate of drug-likeness (QED) is 0.195. The first-order valence-corrected chi connectivity index (χ1v) is 17.7. The van der Waals surface area contributed by atoms with E-state index in [1.165, 1.54) is 62.2 Å². The van der Waals surface area contributed by atoms with Crippen LogP contribution in [0.5, 0.6) is 0 Å². The molecule has 1 aliphatic carbocycles. The van der Waals surface area contributed by atoms with Crippen LogP contribution in [0.15, 0.2) is 54.7 Å². The summed E-state index contributed by atoms with van der Waals surface area (Å²) in [5.41, 5.74) is 6.36. The van der Waals surface area contributed by atoms with Crippen LogP contribution in [0, 0.1) is 5.82 Å². The lowest BCUT2D eigenvalue weighted by molar-refractivity contribution is -0.0284. The van der Waals surface area contributed by atoms with Crippen molar-refractivity contribution in [3.8, 4) is 11.1 Å². The van der Waals surface area contributed by atoms with Crippen molar-refractivity contribution in [2.75, 3.05) is 32.1 Å². The maximum absolute atomic E-state index is 13.9. The fourth-order valence-corrected chi connectivity index (χ4v) is 6.96. The molecule has 0 unspecified atom stereocenters. The van der Waals surface area contributed by atoms with Crippen molar-refractivity contribution < 1.29 is 9.13 Å². The van der Waals surface area contributed by atoms with Gasteiger partial charge in [0.2, 0.25) is 5.95 Å². The van der Waals surface area contributed by atoms with Gasteiger partial charge in [-0.1, -0.05) is 70.5 Å². The van der Waals surface area contributed by atoms with Gasteiger partial charge in [-0.05, 0) is 113 Å². The summed E-state index contributed by atoms with van der Waals surface area (Å²) in [4.78, 5) is 6.93. The van der Waals surface area contributed by atoms with Crippen LogP contribution in [-0.4, -0.2) is 51.8 Å². The Morgan fingerprint density at radius 3 is 2.28 bits per heavy atom. The Hall–Kier alpha value is -3.00.